The Balaban J connectivity index is 1.62. The Morgan fingerprint density at radius 1 is 1.36 bits per heavy atom. The van der Waals surface area contributed by atoms with Crippen molar-refractivity contribution >= 4 is 23.2 Å². The first-order chi connectivity index (χ1) is 10.5. The molecule has 0 bridgehead atoms. The van der Waals surface area contributed by atoms with E-state index in [4.69, 9.17) is 4.74 Å². The minimum atomic E-state index is 0.0371. The molecule has 2 aliphatic heterocycles. The van der Waals surface area contributed by atoms with Crippen molar-refractivity contribution in [3.05, 3.63) is 21.9 Å². The van der Waals surface area contributed by atoms with Crippen LogP contribution in [0.25, 0.3) is 0 Å². The Morgan fingerprint density at radius 3 is 2.86 bits per heavy atom. The van der Waals surface area contributed by atoms with Crippen molar-refractivity contribution < 1.29 is 14.3 Å². The maximum Gasteiger partial charge on any atom is 0.248 e. The molecule has 0 aliphatic carbocycles. The Morgan fingerprint density at radius 2 is 2.14 bits per heavy atom. The predicted molar refractivity (Wildman–Crippen MR) is 84.9 cm³/mol. The highest BCUT2D eigenvalue weighted by Gasteiger charge is 2.37. The van der Waals surface area contributed by atoms with Crippen molar-refractivity contribution in [3.63, 3.8) is 0 Å². The number of likely N-dealkylation sites (tertiary alicyclic amines) is 1. The number of carbonyl (C=O) groups excluding carboxylic acids is 2. The normalized spacial score (nSPS) is 25.8. The van der Waals surface area contributed by atoms with Crippen LogP contribution in [0.3, 0.4) is 0 Å². The lowest BCUT2D eigenvalue weighted by Crippen LogP contribution is -2.52. The molecule has 0 saturated carbocycles. The molecule has 5 nitrogen and oxygen atoms in total. The number of hydrogen-bond acceptors (Lipinski definition) is 4. The van der Waals surface area contributed by atoms with Crippen LogP contribution in [0.15, 0.2) is 12.1 Å². The molecule has 22 heavy (non-hydrogen) atoms. The van der Waals surface area contributed by atoms with Gasteiger partial charge in [0.05, 0.1) is 18.6 Å². The number of amides is 2. The lowest BCUT2D eigenvalue weighted by Gasteiger charge is -2.37. The second kappa shape index (κ2) is 6.38. The van der Waals surface area contributed by atoms with Gasteiger partial charge in [-0.05, 0) is 31.9 Å². The number of fused-ring (bicyclic) bond motifs is 1. The summed E-state index contributed by atoms with van der Waals surface area (Å²) in [5.74, 6) is 0.213. The molecule has 0 radical (unpaired) electrons. The summed E-state index contributed by atoms with van der Waals surface area (Å²) in [4.78, 5) is 30.3. The van der Waals surface area contributed by atoms with Gasteiger partial charge < -0.3 is 14.5 Å². The largest absolute Gasteiger partial charge is 0.366 e. The van der Waals surface area contributed by atoms with E-state index in [-0.39, 0.29) is 30.6 Å². The average molecular weight is 322 g/mol. The van der Waals surface area contributed by atoms with Crippen LogP contribution in [0.5, 0.6) is 0 Å². The molecule has 0 unspecified atom stereocenters. The predicted octanol–water partition coefficient (Wildman–Crippen LogP) is 1.45. The van der Waals surface area contributed by atoms with Gasteiger partial charge in [0.25, 0.3) is 0 Å². The monoisotopic (exact) mass is 322 g/mol. The fourth-order valence-electron chi connectivity index (χ4n) is 3.25. The minimum absolute atomic E-state index is 0.0371. The third-order valence-corrected chi connectivity index (χ3v) is 5.59. The molecule has 2 aliphatic rings. The summed E-state index contributed by atoms with van der Waals surface area (Å²) in [6.45, 7) is 3.64. The molecular weight excluding hydrogens is 300 g/mol. The van der Waals surface area contributed by atoms with Gasteiger partial charge in [-0.1, -0.05) is 0 Å². The Bertz CT molecular complexity index is 571. The first-order valence-corrected chi connectivity index (χ1v) is 8.56. The van der Waals surface area contributed by atoms with E-state index in [1.807, 2.05) is 18.0 Å². The maximum atomic E-state index is 12.5. The highest BCUT2D eigenvalue weighted by Crippen LogP contribution is 2.24. The van der Waals surface area contributed by atoms with Gasteiger partial charge in [-0.2, -0.15) is 0 Å². The van der Waals surface area contributed by atoms with E-state index in [0.717, 1.165) is 17.7 Å². The lowest BCUT2D eigenvalue weighted by molar-refractivity contribution is -0.154. The van der Waals surface area contributed by atoms with Crippen molar-refractivity contribution in [2.75, 3.05) is 26.7 Å². The zero-order valence-corrected chi connectivity index (χ0v) is 13.9. The zero-order chi connectivity index (χ0) is 15.7. The van der Waals surface area contributed by atoms with E-state index in [2.05, 4.69) is 13.0 Å². The van der Waals surface area contributed by atoms with Gasteiger partial charge in [-0.3, -0.25) is 9.59 Å². The topological polar surface area (TPSA) is 49.9 Å². The number of likely N-dealkylation sites (N-methyl/N-ethyl adjacent to an activating group) is 1. The maximum absolute atomic E-state index is 12.5. The van der Waals surface area contributed by atoms with Crippen molar-refractivity contribution in [1.29, 1.82) is 0 Å². The molecule has 0 N–H and O–H groups in total. The number of nitrogens with zero attached hydrogens (tertiary/aromatic N) is 2. The van der Waals surface area contributed by atoms with Crippen molar-refractivity contribution in [3.8, 4) is 0 Å². The van der Waals surface area contributed by atoms with E-state index in [1.165, 1.54) is 4.88 Å². The summed E-state index contributed by atoms with van der Waals surface area (Å²) in [6.07, 6.45) is 2.13. The molecule has 0 spiro atoms. The van der Waals surface area contributed by atoms with Crippen LogP contribution < -0.4 is 0 Å². The van der Waals surface area contributed by atoms with Gasteiger partial charge in [0, 0.05) is 29.9 Å². The molecule has 6 heteroatoms. The molecule has 2 atom stereocenters. The number of rotatable bonds is 2. The molecule has 2 amide bonds. The lowest BCUT2D eigenvalue weighted by atomic mass is 10.0. The Hall–Kier alpha value is -1.40. The molecular formula is C16H22N2O3S. The second-order valence-corrected chi connectivity index (χ2v) is 7.44. The smallest absolute Gasteiger partial charge is 0.248 e. The van der Waals surface area contributed by atoms with E-state index in [0.29, 0.717) is 19.5 Å². The van der Waals surface area contributed by atoms with E-state index >= 15 is 0 Å². The SMILES string of the molecule is Cc1ccc(CC(=O)N2CC[C@@H]3OCC(=O)N(C)[C@H]3CC2)s1. The number of aryl methyl sites for hydroxylation is 1. The van der Waals surface area contributed by atoms with Crippen LogP contribution >= 0.6 is 11.3 Å². The van der Waals surface area contributed by atoms with Gasteiger partial charge in [0.15, 0.2) is 0 Å². The van der Waals surface area contributed by atoms with Crippen LogP contribution in [0, 0.1) is 6.92 Å². The fraction of sp³-hybridized carbons (Fsp3) is 0.625. The number of carbonyl (C=O) groups is 2. The quantitative estimate of drug-likeness (QED) is 0.828. The van der Waals surface area contributed by atoms with E-state index in [9.17, 15) is 9.59 Å². The standard InChI is InChI=1S/C16H22N2O3S/c1-11-3-4-12(22-11)9-15(19)18-7-5-13-14(6-8-18)21-10-16(20)17(13)2/h3-4,13-14H,5-10H2,1-2H3/t13-,14-/m0/s1. The minimum Gasteiger partial charge on any atom is -0.366 e. The van der Waals surface area contributed by atoms with Gasteiger partial charge in [-0.25, -0.2) is 0 Å². The summed E-state index contributed by atoms with van der Waals surface area (Å²) in [7, 11) is 1.84. The van der Waals surface area contributed by atoms with Crippen LogP contribution in [0.2, 0.25) is 0 Å². The average Bonchev–Trinajstić information content (AvgIpc) is 2.77. The van der Waals surface area contributed by atoms with Gasteiger partial charge in [-0.15, -0.1) is 11.3 Å². The highest BCUT2D eigenvalue weighted by atomic mass is 32.1. The molecule has 2 saturated heterocycles. The van der Waals surface area contributed by atoms with Crippen LogP contribution in [-0.2, 0) is 20.7 Å². The summed E-state index contributed by atoms with van der Waals surface area (Å²) in [5.41, 5.74) is 0. The van der Waals surface area contributed by atoms with Gasteiger partial charge in [0.2, 0.25) is 11.8 Å². The number of morpholine rings is 1. The molecule has 1 aromatic rings. The van der Waals surface area contributed by atoms with Crippen LogP contribution in [-0.4, -0.2) is 60.5 Å². The summed E-state index contributed by atoms with van der Waals surface area (Å²) in [5, 5.41) is 0. The van der Waals surface area contributed by atoms with E-state index in [1.54, 1.807) is 16.2 Å². The molecule has 0 aromatic carbocycles. The van der Waals surface area contributed by atoms with Crippen LogP contribution in [0.1, 0.15) is 22.6 Å². The van der Waals surface area contributed by atoms with Crippen LogP contribution in [0.4, 0.5) is 0 Å². The van der Waals surface area contributed by atoms with Crippen molar-refractivity contribution in [2.24, 2.45) is 0 Å². The Labute approximate surface area is 134 Å². The molecule has 120 valence electrons. The first-order valence-electron chi connectivity index (χ1n) is 7.75. The molecule has 3 heterocycles. The van der Waals surface area contributed by atoms with E-state index < -0.39 is 0 Å². The molecule has 3 rings (SSSR count). The molecule has 1 aromatic heterocycles. The first kappa shape index (κ1) is 15.5. The summed E-state index contributed by atoms with van der Waals surface area (Å²) < 4.78 is 5.67. The zero-order valence-electron chi connectivity index (χ0n) is 13.1. The fourth-order valence-corrected chi connectivity index (χ4v) is 4.14. The van der Waals surface area contributed by atoms with Gasteiger partial charge >= 0.3 is 0 Å². The summed E-state index contributed by atoms with van der Waals surface area (Å²) in [6, 6.07) is 4.19. The van der Waals surface area contributed by atoms with Gasteiger partial charge in [0.1, 0.15) is 6.61 Å². The number of ether oxygens (including phenoxy) is 1. The number of hydrogen-bond donors (Lipinski definition) is 0. The van der Waals surface area contributed by atoms with Crippen molar-refractivity contribution in [2.45, 2.75) is 38.3 Å². The Kier molecular flexibility index (Phi) is 4.49. The van der Waals surface area contributed by atoms with Crippen molar-refractivity contribution in [1.82, 2.24) is 9.80 Å². The third-order valence-electron chi connectivity index (χ3n) is 4.59. The second-order valence-electron chi connectivity index (χ2n) is 6.07. The number of thiophene rings is 1. The third kappa shape index (κ3) is 3.17. The highest BCUT2D eigenvalue weighted by molar-refractivity contribution is 7.12. The molecule has 2 fully saturated rings. The summed E-state index contributed by atoms with van der Waals surface area (Å²) >= 11 is 1.68.